The molecule has 0 radical (unpaired) electrons. The average molecular weight is 386 g/mol. The lowest BCUT2D eigenvalue weighted by atomic mass is 10.1. The van der Waals surface area contributed by atoms with Crippen LogP contribution in [0, 0.1) is 0 Å². The zero-order valence-electron chi connectivity index (χ0n) is 13.1. The van der Waals surface area contributed by atoms with Gasteiger partial charge in [-0.05, 0) is 29.8 Å². The Morgan fingerprint density at radius 1 is 1.00 bits per heavy atom. The lowest BCUT2D eigenvalue weighted by Crippen LogP contribution is -2.33. The Hall–Kier alpha value is -2.88. The van der Waals surface area contributed by atoms with Crippen LogP contribution in [0.15, 0.2) is 53.4 Å². The molecule has 2 amide bonds. The standard InChI is InChI=1S/C16H13F3N2O4S/c17-16(18,19)12-3-1-2-4-13(12)26(24,25)21-14(22)9-10-5-7-11(8-6-10)15(20)23/h1-8H,9H2,(H2,20,23)(H,21,22). The van der Waals surface area contributed by atoms with Crippen LogP contribution in [0.2, 0.25) is 0 Å². The molecule has 0 fully saturated rings. The monoisotopic (exact) mass is 386 g/mol. The van der Waals surface area contributed by atoms with E-state index < -0.39 is 44.9 Å². The van der Waals surface area contributed by atoms with Crippen molar-refractivity contribution in [3.63, 3.8) is 0 Å². The van der Waals surface area contributed by atoms with Crippen molar-refractivity contribution >= 4 is 21.8 Å². The summed E-state index contributed by atoms with van der Waals surface area (Å²) in [5, 5.41) is 0. The number of hydrogen-bond donors (Lipinski definition) is 2. The van der Waals surface area contributed by atoms with Gasteiger partial charge in [-0.3, -0.25) is 9.59 Å². The van der Waals surface area contributed by atoms with Gasteiger partial charge in [-0.1, -0.05) is 24.3 Å². The average Bonchev–Trinajstić information content (AvgIpc) is 2.54. The third-order valence-electron chi connectivity index (χ3n) is 3.33. The van der Waals surface area contributed by atoms with Gasteiger partial charge in [0.25, 0.3) is 10.0 Å². The summed E-state index contributed by atoms with van der Waals surface area (Å²) in [5.74, 6) is -1.69. The van der Waals surface area contributed by atoms with Gasteiger partial charge in [0, 0.05) is 5.56 Å². The van der Waals surface area contributed by atoms with Crippen molar-refractivity contribution in [2.75, 3.05) is 0 Å². The SMILES string of the molecule is NC(=O)c1ccc(CC(=O)NS(=O)(=O)c2ccccc2C(F)(F)F)cc1. The second-order valence-corrected chi connectivity index (χ2v) is 6.91. The first-order chi connectivity index (χ1) is 12.0. The van der Waals surface area contributed by atoms with Gasteiger partial charge in [0.1, 0.15) is 0 Å². The van der Waals surface area contributed by atoms with Crippen LogP contribution < -0.4 is 10.5 Å². The molecule has 0 aliphatic heterocycles. The highest BCUT2D eigenvalue weighted by atomic mass is 32.2. The summed E-state index contributed by atoms with van der Waals surface area (Å²) in [6.45, 7) is 0. The third-order valence-corrected chi connectivity index (χ3v) is 4.76. The van der Waals surface area contributed by atoms with E-state index in [1.54, 1.807) is 4.72 Å². The minimum atomic E-state index is -4.89. The number of hydrogen-bond acceptors (Lipinski definition) is 4. The van der Waals surface area contributed by atoms with Gasteiger partial charge in [-0.15, -0.1) is 0 Å². The zero-order chi connectivity index (χ0) is 19.5. The first-order valence-electron chi connectivity index (χ1n) is 7.11. The molecule has 26 heavy (non-hydrogen) atoms. The summed E-state index contributed by atoms with van der Waals surface area (Å²) >= 11 is 0. The molecule has 0 saturated carbocycles. The first-order valence-corrected chi connectivity index (χ1v) is 8.59. The Kier molecular flexibility index (Phi) is 5.36. The van der Waals surface area contributed by atoms with E-state index in [1.165, 1.54) is 24.3 Å². The molecule has 0 saturated heterocycles. The Morgan fingerprint density at radius 2 is 1.58 bits per heavy atom. The van der Waals surface area contributed by atoms with Gasteiger partial charge < -0.3 is 5.73 Å². The molecule has 0 spiro atoms. The van der Waals surface area contributed by atoms with Crippen LogP contribution in [0.3, 0.4) is 0 Å². The summed E-state index contributed by atoms with van der Waals surface area (Å²) in [7, 11) is -4.71. The summed E-state index contributed by atoms with van der Waals surface area (Å²) < 4.78 is 64.8. The summed E-state index contributed by atoms with van der Waals surface area (Å²) in [6.07, 6.45) is -5.30. The highest BCUT2D eigenvalue weighted by molar-refractivity contribution is 7.90. The largest absolute Gasteiger partial charge is 0.417 e. The maximum atomic E-state index is 13.0. The molecule has 0 aromatic heterocycles. The van der Waals surface area contributed by atoms with E-state index in [0.717, 1.165) is 18.2 Å². The molecule has 10 heteroatoms. The van der Waals surface area contributed by atoms with E-state index in [1.807, 2.05) is 0 Å². The number of nitrogens with one attached hydrogen (secondary N) is 1. The molecule has 2 rings (SSSR count). The minimum Gasteiger partial charge on any atom is -0.366 e. The lowest BCUT2D eigenvalue weighted by Gasteiger charge is -2.13. The highest BCUT2D eigenvalue weighted by Crippen LogP contribution is 2.33. The molecule has 0 heterocycles. The molecule has 0 aliphatic rings. The number of carbonyl (C=O) groups excluding carboxylic acids is 2. The second-order valence-electron chi connectivity index (χ2n) is 5.26. The molecule has 2 aromatic rings. The number of alkyl halides is 3. The molecule has 0 aliphatic carbocycles. The molecule has 138 valence electrons. The summed E-state index contributed by atoms with van der Waals surface area (Å²) in [5.41, 5.74) is 4.25. The van der Waals surface area contributed by atoms with Crippen molar-refractivity contribution in [1.29, 1.82) is 0 Å². The first kappa shape index (κ1) is 19.4. The lowest BCUT2D eigenvalue weighted by molar-refractivity contribution is -0.140. The van der Waals surface area contributed by atoms with Crippen LogP contribution in [-0.2, 0) is 27.4 Å². The number of carbonyl (C=O) groups is 2. The van der Waals surface area contributed by atoms with Gasteiger partial charge in [-0.25, -0.2) is 13.1 Å². The highest BCUT2D eigenvalue weighted by Gasteiger charge is 2.37. The van der Waals surface area contributed by atoms with Crippen molar-refractivity contribution in [2.45, 2.75) is 17.5 Å². The maximum absolute atomic E-state index is 13.0. The Labute approximate surface area is 146 Å². The molecule has 3 N–H and O–H groups in total. The van der Waals surface area contributed by atoms with E-state index in [4.69, 9.17) is 5.73 Å². The summed E-state index contributed by atoms with van der Waals surface area (Å²) in [4.78, 5) is 21.8. The van der Waals surface area contributed by atoms with Gasteiger partial charge in [0.05, 0.1) is 16.9 Å². The molecule has 0 atom stereocenters. The van der Waals surface area contributed by atoms with Gasteiger partial charge in [0.2, 0.25) is 11.8 Å². The number of sulfonamides is 1. The molecule has 2 aromatic carbocycles. The van der Waals surface area contributed by atoms with Crippen LogP contribution in [-0.4, -0.2) is 20.2 Å². The number of benzene rings is 2. The van der Waals surface area contributed by atoms with Crippen molar-refractivity contribution in [3.05, 3.63) is 65.2 Å². The predicted molar refractivity (Wildman–Crippen MR) is 85.4 cm³/mol. The third kappa shape index (κ3) is 4.60. The molecule has 0 bridgehead atoms. The maximum Gasteiger partial charge on any atom is 0.417 e. The normalized spacial score (nSPS) is 11.8. The number of primary amides is 1. The second kappa shape index (κ2) is 7.16. The van der Waals surface area contributed by atoms with E-state index in [9.17, 15) is 31.2 Å². The van der Waals surface area contributed by atoms with Gasteiger partial charge in [0.15, 0.2) is 0 Å². The van der Waals surface area contributed by atoms with Gasteiger partial charge in [-0.2, -0.15) is 13.2 Å². The van der Waals surface area contributed by atoms with Crippen LogP contribution in [0.25, 0.3) is 0 Å². The fraction of sp³-hybridized carbons (Fsp3) is 0.125. The van der Waals surface area contributed by atoms with Crippen molar-refractivity contribution in [2.24, 2.45) is 5.73 Å². The van der Waals surface area contributed by atoms with E-state index in [-0.39, 0.29) is 5.56 Å². The van der Waals surface area contributed by atoms with Crippen LogP contribution >= 0.6 is 0 Å². The quantitative estimate of drug-likeness (QED) is 0.818. The summed E-state index contributed by atoms with van der Waals surface area (Å²) in [6, 6.07) is 9.01. The van der Waals surface area contributed by atoms with Crippen LogP contribution in [0.4, 0.5) is 13.2 Å². The Bertz CT molecular complexity index is 939. The smallest absolute Gasteiger partial charge is 0.366 e. The van der Waals surface area contributed by atoms with E-state index in [2.05, 4.69) is 0 Å². The number of amides is 2. The van der Waals surface area contributed by atoms with Crippen LogP contribution in [0.5, 0.6) is 0 Å². The molecule has 6 nitrogen and oxygen atoms in total. The molecule has 0 unspecified atom stereocenters. The van der Waals surface area contributed by atoms with Crippen LogP contribution in [0.1, 0.15) is 21.5 Å². The number of nitrogens with two attached hydrogens (primary N) is 1. The van der Waals surface area contributed by atoms with Crippen molar-refractivity contribution in [1.82, 2.24) is 4.72 Å². The van der Waals surface area contributed by atoms with Crippen molar-refractivity contribution < 1.29 is 31.2 Å². The Balaban J connectivity index is 2.19. The van der Waals surface area contributed by atoms with Crippen molar-refractivity contribution in [3.8, 4) is 0 Å². The number of rotatable bonds is 5. The fourth-order valence-corrected chi connectivity index (χ4v) is 3.36. The van der Waals surface area contributed by atoms with E-state index in [0.29, 0.717) is 11.6 Å². The molecular formula is C16H13F3N2O4S. The van der Waals surface area contributed by atoms with Gasteiger partial charge >= 0.3 is 6.18 Å². The Morgan fingerprint density at radius 3 is 2.12 bits per heavy atom. The minimum absolute atomic E-state index is 0.195. The predicted octanol–water partition coefficient (Wildman–Crippen LogP) is 1.85. The molecular weight excluding hydrogens is 373 g/mol. The zero-order valence-corrected chi connectivity index (χ0v) is 13.9. The number of halogens is 3. The fourth-order valence-electron chi connectivity index (χ4n) is 2.15. The topological polar surface area (TPSA) is 106 Å². The van der Waals surface area contributed by atoms with E-state index >= 15 is 0 Å².